The SMILES string of the molecule is CCn1c(SCC(=O)Nc2cccc(C#N)c2)nc2cc(S(=O)(=O)N3CCCCC3)ccc21. The van der Waals surface area contributed by atoms with E-state index in [4.69, 9.17) is 5.26 Å². The Morgan fingerprint density at radius 3 is 2.70 bits per heavy atom. The molecule has 8 nitrogen and oxygen atoms in total. The molecule has 1 aliphatic rings. The third-order valence-corrected chi connectivity index (χ3v) is 8.43. The molecule has 0 spiro atoms. The van der Waals surface area contributed by atoms with Crippen LogP contribution in [0.1, 0.15) is 31.7 Å². The van der Waals surface area contributed by atoms with E-state index in [1.54, 1.807) is 46.8 Å². The summed E-state index contributed by atoms with van der Waals surface area (Å²) in [5, 5.41) is 12.4. The zero-order valence-electron chi connectivity index (χ0n) is 18.3. The Hall–Kier alpha value is -2.87. The highest BCUT2D eigenvalue weighted by molar-refractivity contribution is 7.99. The lowest BCUT2D eigenvalue weighted by atomic mass is 10.2. The molecule has 1 saturated heterocycles. The summed E-state index contributed by atoms with van der Waals surface area (Å²) in [4.78, 5) is 17.3. The number of hydrogen-bond acceptors (Lipinski definition) is 6. The topological polar surface area (TPSA) is 108 Å². The number of sulfonamides is 1. The number of carbonyl (C=O) groups is 1. The summed E-state index contributed by atoms with van der Waals surface area (Å²) >= 11 is 1.29. The van der Waals surface area contributed by atoms with E-state index in [-0.39, 0.29) is 16.6 Å². The molecule has 2 heterocycles. The van der Waals surface area contributed by atoms with Crippen LogP contribution in [-0.4, -0.2) is 47.0 Å². The second kappa shape index (κ2) is 9.95. The lowest BCUT2D eigenvalue weighted by molar-refractivity contribution is -0.113. The predicted molar refractivity (Wildman–Crippen MR) is 129 cm³/mol. The molecule has 172 valence electrons. The van der Waals surface area contributed by atoms with Crippen molar-refractivity contribution in [2.75, 3.05) is 24.2 Å². The van der Waals surface area contributed by atoms with Crippen LogP contribution >= 0.6 is 11.8 Å². The van der Waals surface area contributed by atoms with Gasteiger partial charge in [-0.25, -0.2) is 13.4 Å². The summed E-state index contributed by atoms with van der Waals surface area (Å²) < 4.78 is 29.6. The van der Waals surface area contributed by atoms with Crippen molar-refractivity contribution >= 4 is 44.4 Å². The van der Waals surface area contributed by atoms with Gasteiger partial charge in [0, 0.05) is 25.3 Å². The summed E-state index contributed by atoms with van der Waals surface area (Å²) in [6.45, 7) is 3.73. The Morgan fingerprint density at radius 1 is 1.18 bits per heavy atom. The molecular formula is C23H25N5O3S2. The fourth-order valence-corrected chi connectivity index (χ4v) is 6.33. The standard InChI is InChI=1S/C23H25N5O3S2/c1-2-28-21-10-9-19(33(30,31)27-11-4-3-5-12-27)14-20(21)26-23(28)32-16-22(29)25-18-8-6-7-17(13-18)15-24/h6-10,13-14H,2-5,11-12,16H2,1H3,(H,25,29). The largest absolute Gasteiger partial charge is 0.325 e. The number of carbonyl (C=O) groups excluding carboxylic acids is 1. The second-order valence-corrected chi connectivity index (χ2v) is 10.7. The van der Waals surface area contributed by atoms with Crippen molar-refractivity contribution in [3.63, 3.8) is 0 Å². The van der Waals surface area contributed by atoms with Crippen molar-refractivity contribution in [3.8, 4) is 6.07 Å². The number of piperidine rings is 1. The van der Waals surface area contributed by atoms with Crippen LogP contribution in [-0.2, 0) is 21.4 Å². The maximum Gasteiger partial charge on any atom is 0.243 e. The van der Waals surface area contributed by atoms with Gasteiger partial charge >= 0.3 is 0 Å². The first-order chi connectivity index (χ1) is 15.9. The lowest BCUT2D eigenvalue weighted by Gasteiger charge is -2.25. The fourth-order valence-electron chi connectivity index (χ4n) is 3.91. The van der Waals surface area contributed by atoms with Gasteiger partial charge in [0.25, 0.3) is 0 Å². The zero-order valence-corrected chi connectivity index (χ0v) is 20.0. The van der Waals surface area contributed by atoms with Gasteiger partial charge in [0.2, 0.25) is 15.9 Å². The highest BCUT2D eigenvalue weighted by Crippen LogP contribution is 2.28. The van der Waals surface area contributed by atoms with E-state index in [9.17, 15) is 13.2 Å². The number of imidazole rings is 1. The van der Waals surface area contributed by atoms with Gasteiger partial charge in [0.05, 0.1) is 33.3 Å². The number of rotatable bonds is 7. The molecule has 10 heteroatoms. The highest BCUT2D eigenvalue weighted by atomic mass is 32.2. The van der Waals surface area contributed by atoms with Crippen LogP contribution in [0, 0.1) is 11.3 Å². The van der Waals surface area contributed by atoms with Gasteiger partial charge < -0.3 is 9.88 Å². The molecule has 0 saturated carbocycles. The van der Waals surface area contributed by atoms with Crippen LogP contribution in [0.2, 0.25) is 0 Å². The first-order valence-corrected chi connectivity index (χ1v) is 13.3. The molecule has 0 bridgehead atoms. The van der Waals surface area contributed by atoms with Crippen molar-refractivity contribution in [2.45, 2.75) is 42.8 Å². The molecule has 0 radical (unpaired) electrons. The lowest BCUT2D eigenvalue weighted by Crippen LogP contribution is -2.35. The molecule has 4 rings (SSSR count). The molecule has 1 aliphatic heterocycles. The van der Waals surface area contributed by atoms with Crippen molar-refractivity contribution in [1.29, 1.82) is 5.26 Å². The van der Waals surface area contributed by atoms with E-state index in [1.807, 2.05) is 17.6 Å². The molecule has 1 N–H and O–H groups in total. The van der Waals surface area contributed by atoms with Crippen molar-refractivity contribution in [2.24, 2.45) is 0 Å². The summed E-state index contributed by atoms with van der Waals surface area (Å²) in [6.07, 6.45) is 2.83. The quantitative estimate of drug-likeness (QED) is 0.512. The van der Waals surface area contributed by atoms with Crippen molar-refractivity contribution < 1.29 is 13.2 Å². The molecule has 3 aromatic rings. The van der Waals surface area contributed by atoms with Crippen LogP contribution in [0.25, 0.3) is 11.0 Å². The Kier molecular flexibility index (Phi) is 7.02. The summed E-state index contributed by atoms with van der Waals surface area (Å²) in [5.41, 5.74) is 2.47. The van der Waals surface area contributed by atoms with Crippen LogP contribution in [0.3, 0.4) is 0 Å². The minimum Gasteiger partial charge on any atom is -0.325 e. The number of hydrogen-bond donors (Lipinski definition) is 1. The van der Waals surface area contributed by atoms with E-state index >= 15 is 0 Å². The van der Waals surface area contributed by atoms with E-state index < -0.39 is 10.0 Å². The number of aromatic nitrogens is 2. The smallest absolute Gasteiger partial charge is 0.243 e. The van der Waals surface area contributed by atoms with Crippen LogP contribution < -0.4 is 5.32 Å². The number of thioether (sulfide) groups is 1. The molecule has 1 amide bonds. The van der Waals surface area contributed by atoms with Gasteiger partial charge in [-0.15, -0.1) is 0 Å². The Morgan fingerprint density at radius 2 is 1.97 bits per heavy atom. The van der Waals surface area contributed by atoms with E-state index in [0.717, 1.165) is 24.8 Å². The molecule has 1 aromatic heterocycles. The van der Waals surface area contributed by atoms with Gasteiger partial charge in [-0.1, -0.05) is 24.2 Å². The number of fused-ring (bicyclic) bond motifs is 1. The summed E-state index contributed by atoms with van der Waals surface area (Å²) in [5.74, 6) is -0.0721. The normalized spacial score (nSPS) is 14.8. The number of benzene rings is 2. The molecule has 0 atom stereocenters. The average Bonchev–Trinajstić information content (AvgIpc) is 3.20. The Balaban J connectivity index is 1.52. The molecular weight excluding hydrogens is 458 g/mol. The summed E-state index contributed by atoms with van der Waals surface area (Å²) in [6, 6.07) is 13.9. The first-order valence-electron chi connectivity index (χ1n) is 10.9. The minimum absolute atomic E-state index is 0.138. The molecule has 33 heavy (non-hydrogen) atoms. The Labute approximate surface area is 197 Å². The third-order valence-electron chi connectivity index (χ3n) is 5.56. The summed E-state index contributed by atoms with van der Waals surface area (Å²) in [7, 11) is -3.54. The average molecular weight is 484 g/mol. The maximum absolute atomic E-state index is 13.0. The fraction of sp³-hybridized carbons (Fsp3) is 0.348. The van der Waals surface area contributed by atoms with E-state index in [2.05, 4.69) is 10.3 Å². The van der Waals surface area contributed by atoms with Crippen molar-refractivity contribution in [3.05, 3.63) is 48.0 Å². The first kappa shape index (κ1) is 23.3. The molecule has 0 aliphatic carbocycles. The van der Waals surface area contributed by atoms with Crippen LogP contribution in [0.5, 0.6) is 0 Å². The van der Waals surface area contributed by atoms with Gasteiger partial charge in [-0.2, -0.15) is 9.57 Å². The monoisotopic (exact) mass is 483 g/mol. The zero-order chi connectivity index (χ0) is 23.4. The number of amides is 1. The van der Waals surface area contributed by atoms with E-state index in [0.29, 0.717) is 41.6 Å². The van der Waals surface area contributed by atoms with Gasteiger partial charge in [0.1, 0.15) is 0 Å². The highest BCUT2D eigenvalue weighted by Gasteiger charge is 2.26. The number of nitriles is 1. The van der Waals surface area contributed by atoms with Gasteiger partial charge in [0.15, 0.2) is 5.16 Å². The van der Waals surface area contributed by atoms with Gasteiger partial charge in [-0.05, 0) is 56.2 Å². The third kappa shape index (κ3) is 5.05. The van der Waals surface area contributed by atoms with Crippen LogP contribution in [0.15, 0.2) is 52.5 Å². The Bertz CT molecular complexity index is 1320. The molecule has 2 aromatic carbocycles. The molecule has 0 unspecified atom stereocenters. The number of aryl methyl sites for hydroxylation is 1. The number of nitrogens with zero attached hydrogens (tertiary/aromatic N) is 4. The van der Waals surface area contributed by atoms with E-state index in [1.165, 1.54) is 11.8 Å². The minimum atomic E-state index is -3.54. The number of nitrogens with one attached hydrogen (secondary N) is 1. The number of anilines is 1. The van der Waals surface area contributed by atoms with Gasteiger partial charge in [-0.3, -0.25) is 4.79 Å². The maximum atomic E-state index is 13.0. The predicted octanol–water partition coefficient (Wildman–Crippen LogP) is 3.83. The van der Waals surface area contributed by atoms with Crippen molar-refractivity contribution in [1.82, 2.24) is 13.9 Å². The van der Waals surface area contributed by atoms with Crippen LogP contribution in [0.4, 0.5) is 5.69 Å². The molecule has 1 fully saturated rings. The second-order valence-electron chi connectivity index (χ2n) is 7.78.